The standard InChI is InChI=1S/C13H13BrO3/c1-4(15)11-5-8-6(11)10-7(11)9(5)12(8,14)13(10)16-2-3-17-13/h5-10H,2-3H2,1H3/t5?,6-,7-,8-,9+,10?,11?,12?/m0/s1. The van der Waals surface area contributed by atoms with Crippen LogP contribution in [-0.4, -0.2) is 29.1 Å². The van der Waals surface area contributed by atoms with E-state index in [4.69, 9.17) is 9.47 Å². The van der Waals surface area contributed by atoms with E-state index in [2.05, 4.69) is 15.9 Å². The molecular formula is C13H13BrO3. The van der Waals surface area contributed by atoms with Gasteiger partial charge in [0.15, 0.2) is 5.79 Å². The predicted octanol–water partition coefficient (Wildman–Crippen LogP) is 1.20. The zero-order valence-electron chi connectivity index (χ0n) is 9.48. The zero-order chi connectivity index (χ0) is 11.4. The molecule has 6 aliphatic carbocycles. The molecule has 4 heteroatoms. The highest BCUT2D eigenvalue weighted by atomic mass is 79.9. The van der Waals surface area contributed by atoms with Gasteiger partial charge in [-0.15, -0.1) is 0 Å². The highest BCUT2D eigenvalue weighted by molar-refractivity contribution is 9.10. The van der Waals surface area contributed by atoms with Gasteiger partial charge in [-0.25, -0.2) is 0 Å². The highest BCUT2D eigenvalue weighted by Crippen LogP contribution is 3.04. The van der Waals surface area contributed by atoms with E-state index in [-0.39, 0.29) is 15.5 Å². The van der Waals surface area contributed by atoms with Gasteiger partial charge in [-0.3, -0.25) is 4.79 Å². The molecule has 1 spiro atoms. The number of rotatable bonds is 1. The van der Waals surface area contributed by atoms with E-state index in [9.17, 15) is 4.79 Å². The van der Waals surface area contributed by atoms with Crippen LogP contribution in [0.25, 0.3) is 0 Å². The minimum atomic E-state index is -0.358. The van der Waals surface area contributed by atoms with Crippen LogP contribution in [0.5, 0.6) is 0 Å². The van der Waals surface area contributed by atoms with Crippen molar-refractivity contribution < 1.29 is 14.3 Å². The number of halogens is 1. The summed E-state index contributed by atoms with van der Waals surface area (Å²) in [6.07, 6.45) is 0. The maximum absolute atomic E-state index is 12.0. The molecule has 1 aliphatic heterocycles. The fourth-order valence-corrected chi connectivity index (χ4v) is 8.95. The molecule has 1 saturated heterocycles. The molecule has 3 nitrogen and oxygen atoms in total. The third-order valence-electron chi connectivity index (χ3n) is 7.25. The molecule has 0 aromatic heterocycles. The van der Waals surface area contributed by atoms with Gasteiger partial charge < -0.3 is 9.47 Å². The molecule has 2 bridgehead atoms. The van der Waals surface area contributed by atoms with Crippen molar-refractivity contribution in [2.45, 2.75) is 17.0 Å². The smallest absolute Gasteiger partial charge is 0.187 e. The average molecular weight is 297 g/mol. The minimum Gasteiger partial charge on any atom is -0.346 e. The van der Waals surface area contributed by atoms with Gasteiger partial charge in [0, 0.05) is 11.3 Å². The van der Waals surface area contributed by atoms with Crippen molar-refractivity contribution in [3.05, 3.63) is 0 Å². The highest BCUT2D eigenvalue weighted by Gasteiger charge is 3.09. The fraction of sp³-hybridized carbons (Fsp3) is 0.923. The summed E-state index contributed by atoms with van der Waals surface area (Å²) in [4.78, 5) is 12.0. The van der Waals surface area contributed by atoms with E-state index in [0.29, 0.717) is 41.3 Å². The number of carbonyl (C=O) groups excluding carboxylic acids is 1. The number of hydrogen-bond donors (Lipinski definition) is 0. The normalized spacial score (nSPS) is 73.5. The lowest BCUT2D eigenvalue weighted by Gasteiger charge is -2.90. The lowest BCUT2D eigenvalue weighted by atomic mass is 9.12. The van der Waals surface area contributed by atoms with Crippen molar-refractivity contribution in [3.63, 3.8) is 0 Å². The maximum Gasteiger partial charge on any atom is 0.187 e. The summed E-state index contributed by atoms with van der Waals surface area (Å²) in [5.74, 6) is 3.70. The van der Waals surface area contributed by atoms with Gasteiger partial charge in [-0.05, 0) is 36.5 Å². The van der Waals surface area contributed by atoms with Crippen molar-refractivity contribution >= 4 is 21.7 Å². The number of carbonyl (C=O) groups is 1. The third kappa shape index (κ3) is 0.450. The van der Waals surface area contributed by atoms with Gasteiger partial charge in [0.25, 0.3) is 0 Å². The van der Waals surface area contributed by atoms with Gasteiger partial charge in [0.2, 0.25) is 0 Å². The van der Waals surface area contributed by atoms with Crippen LogP contribution in [0, 0.1) is 40.9 Å². The Morgan fingerprint density at radius 2 is 1.59 bits per heavy atom. The second-order valence-electron chi connectivity index (χ2n) is 6.78. The Kier molecular flexibility index (Phi) is 1.05. The fourth-order valence-electron chi connectivity index (χ4n) is 7.32. The van der Waals surface area contributed by atoms with Crippen LogP contribution < -0.4 is 0 Å². The summed E-state index contributed by atoms with van der Waals surface area (Å²) in [5.41, 5.74) is 0.0794. The van der Waals surface area contributed by atoms with Crippen LogP contribution >= 0.6 is 15.9 Å². The Morgan fingerprint density at radius 3 is 2.12 bits per heavy atom. The summed E-state index contributed by atoms with van der Waals surface area (Å²) in [6, 6.07) is 0. The predicted molar refractivity (Wildman–Crippen MR) is 60.3 cm³/mol. The molecule has 0 aromatic rings. The van der Waals surface area contributed by atoms with Crippen molar-refractivity contribution in [1.29, 1.82) is 0 Å². The summed E-state index contributed by atoms with van der Waals surface area (Å²) >= 11 is 3.99. The number of ketones is 1. The molecule has 0 radical (unpaired) electrons. The Bertz CT molecular complexity index is 489. The summed E-state index contributed by atoms with van der Waals surface area (Å²) in [7, 11) is 0. The number of hydrogen-bond acceptors (Lipinski definition) is 3. The Hall–Kier alpha value is 0.0700. The van der Waals surface area contributed by atoms with E-state index < -0.39 is 0 Å². The molecule has 8 atom stereocenters. The number of Topliss-reactive ketones (excluding diaryl/α,β-unsaturated/α-hetero) is 1. The van der Waals surface area contributed by atoms with Crippen LogP contribution in [0.1, 0.15) is 6.92 Å². The third-order valence-corrected chi connectivity index (χ3v) is 8.86. The molecule has 0 amide bonds. The van der Waals surface area contributed by atoms with Gasteiger partial charge in [0.05, 0.1) is 17.5 Å². The first-order valence-electron chi connectivity index (χ1n) is 6.61. The first-order valence-corrected chi connectivity index (χ1v) is 7.40. The average Bonchev–Trinajstić information content (AvgIpc) is 2.78. The molecule has 0 aromatic carbocycles. The molecule has 0 N–H and O–H groups in total. The molecule has 90 valence electrons. The van der Waals surface area contributed by atoms with Crippen molar-refractivity contribution in [2.75, 3.05) is 13.2 Å². The molecule has 7 fully saturated rings. The molecule has 7 aliphatic rings. The second kappa shape index (κ2) is 1.97. The van der Waals surface area contributed by atoms with E-state index in [1.54, 1.807) is 6.92 Å². The Labute approximate surface area is 107 Å². The Balaban J connectivity index is 1.59. The first kappa shape index (κ1) is 9.05. The van der Waals surface area contributed by atoms with Crippen LogP contribution in [0.4, 0.5) is 0 Å². The second-order valence-corrected chi connectivity index (χ2v) is 8.09. The van der Waals surface area contributed by atoms with Gasteiger partial charge >= 0.3 is 0 Å². The van der Waals surface area contributed by atoms with E-state index in [1.807, 2.05) is 0 Å². The van der Waals surface area contributed by atoms with E-state index in [0.717, 1.165) is 13.2 Å². The monoisotopic (exact) mass is 296 g/mol. The molecule has 1 heterocycles. The van der Waals surface area contributed by atoms with Gasteiger partial charge in [-0.2, -0.15) is 0 Å². The van der Waals surface area contributed by atoms with Gasteiger partial charge in [0.1, 0.15) is 5.78 Å². The Morgan fingerprint density at radius 1 is 1.06 bits per heavy atom. The van der Waals surface area contributed by atoms with Crippen molar-refractivity contribution in [1.82, 2.24) is 0 Å². The lowest BCUT2D eigenvalue weighted by Crippen LogP contribution is -2.93. The summed E-state index contributed by atoms with van der Waals surface area (Å²) in [6.45, 7) is 3.24. The molecule has 6 saturated carbocycles. The molecule has 7 rings (SSSR count). The number of alkyl halides is 1. The molecule has 17 heavy (non-hydrogen) atoms. The topological polar surface area (TPSA) is 35.5 Å². The number of ether oxygens (including phenoxy) is 2. The maximum atomic E-state index is 12.0. The first-order chi connectivity index (χ1) is 8.13. The SMILES string of the molecule is CC(=O)C12C3[C@@H]4[C@H]1C1[C@@H]2[C@H]3C4(Br)C12OCCO2. The van der Waals surface area contributed by atoms with Gasteiger partial charge in [-0.1, -0.05) is 15.9 Å². The molecular weight excluding hydrogens is 284 g/mol. The van der Waals surface area contributed by atoms with E-state index >= 15 is 0 Å². The van der Waals surface area contributed by atoms with Crippen LogP contribution in [0.15, 0.2) is 0 Å². The van der Waals surface area contributed by atoms with Crippen LogP contribution in [0.2, 0.25) is 0 Å². The van der Waals surface area contributed by atoms with Crippen molar-refractivity contribution in [3.8, 4) is 0 Å². The zero-order valence-corrected chi connectivity index (χ0v) is 11.1. The molecule has 4 unspecified atom stereocenters. The minimum absolute atomic E-state index is 0.0678. The van der Waals surface area contributed by atoms with E-state index in [1.165, 1.54) is 0 Å². The van der Waals surface area contributed by atoms with Crippen LogP contribution in [0.3, 0.4) is 0 Å². The largest absolute Gasteiger partial charge is 0.346 e. The van der Waals surface area contributed by atoms with Crippen molar-refractivity contribution in [2.24, 2.45) is 40.9 Å². The summed E-state index contributed by atoms with van der Waals surface area (Å²) < 4.78 is 12.2. The quantitative estimate of drug-likeness (QED) is 0.682. The summed E-state index contributed by atoms with van der Waals surface area (Å²) in [5, 5.41) is 0. The van der Waals surface area contributed by atoms with Crippen LogP contribution in [-0.2, 0) is 14.3 Å². The lowest BCUT2D eigenvalue weighted by molar-refractivity contribution is -0.414.